The first-order chi connectivity index (χ1) is 11.7. The Hall–Kier alpha value is -2.23. The van der Waals surface area contributed by atoms with Crippen molar-refractivity contribution in [3.63, 3.8) is 0 Å². The normalized spacial score (nSPS) is 16.1. The number of nitrogens with zero attached hydrogens (tertiary/aromatic N) is 1. The summed E-state index contributed by atoms with van der Waals surface area (Å²) in [5.74, 6) is 0.0992. The van der Waals surface area contributed by atoms with Gasteiger partial charge in [-0.25, -0.2) is 0 Å². The van der Waals surface area contributed by atoms with E-state index in [2.05, 4.69) is 35.2 Å². The molecular formula is C21H23NO2. The van der Waals surface area contributed by atoms with Crippen LogP contribution in [0.1, 0.15) is 28.4 Å². The van der Waals surface area contributed by atoms with E-state index in [0.717, 1.165) is 44.0 Å². The lowest BCUT2D eigenvalue weighted by Crippen LogP contribution is -2.37. The van der Waals surface area contributed by atoms with Gasteiger partial charge in [0.2, 0.25) is 0 Å². The SMILES string of the molecule is CC(=O)c1ccc(/C=C(\CN2CCOCC2)c2ccccc2)cc1. The van der Waals surface area contributed by atoms with Crippen LogP contribution in [0.15, 0.2) is 54.6 Å². The summed E-state index contributed by atoms with van der Waals surface area (Å²) in [6.45, 7) is 6.03. The summed E-state index contributed by atoms with van der Waals surface area (Å²) in [6.07, 6.45) is 2.22. The van der Waals surface area contributed by atoms with Crippen LogP contribution >= 0.6 is 0 Å². The number of carbonyl (C=O) groups is 1. The van der Waals surface area contributed by atoms with E-state index >= 15 is 0 Å². The minimum atomic E-state index is 0.0992. The quantitative estimate of drug-likeness (QED) is 0.620. The van der Waals surface area contributed by atoms with Gasteiger partial charge in [0.1, 0.15) is 0 Å². The molecule has 1 saturated heterocycles. The average Bonchev–Trinajstić information content (AvgIpc) is 2.63. The van der Waals surface area contributed by atoms with E-state index in [1.165, 1.54) is 11.1 Å². The number of hydrogen-bond acceptors (Lipinski definition) is 3. The zero-order chi connectivity index (χ0) is 16.8. The summed E-state index contributed by atoms with van der Waals surface area (Å²) < 4.78 is 5.45. The lowest BCUT2D eigenvalue weighted by atomic mass is 10.0. The van der Waals surface area contributed by atoms with Gasteiger partial charge in [-0.05, 0) is 29.7 Å². The minimum absolute atomic E-state index is 0.0992. The van der Waals surface area contributed by atoms with E-state index in [9.17, 15) is 4.79 Å². The molecule has 0 N–H and O–H groups in total. The van der Waals surface area contributed by atoms with Crippen molar-refractivity contribution in [1.29, 1.82) is 0 Å². The number of ketones is 1. The smallest absolute Gasteiger partial charge is 0.159 e. The molecule has 0 radical (unpaired) electrons. The van der Waals surface area contributed by atoms with Gasteiger partial charge < -0.3 is 4.74 Å². The molecule has 2 aromatic carbocycles. The summed E-state index contributed by atoms with van der Waals surface area (Å²) in [5.41, 5.74) is 4.39. The van der Waals surface area contributed by atoms with Gasteiger partial charge in [0.15, 0.2) is 5.78 Å². The van der Waals surface area contributed by atoms with Crippen LogP contribution in [-0.2, 0) is 4.74 Å². The highest BCUT2D eigenvalue weighted by Gasteiger charge is 2.13. The maximum Gasteiger partial charge on any atom is 0.159 e. The molecule has 1 aliphatic rings. The molecule has 1 aliphatic heterocycles. The van der Waals surface area contributed by atoms with Crippen molar-refractivity contribution in [2.45, 2.75) is 6.92 Å². The Morgan fingerprint density at radius 2 is 1.67 bits per heavy atom. The van der Waals surface area contributed by atoms with Crippen LogP contribution in [0.3, 0.4) is 0 Å². The highest BCUT2D eigenvalue weighted by molar-refractivity contribution is 5.94. The maximum absolute atomic E-state index is 11.4. The van der Waals surface area contributed by atoms with Crippen molar-refractivity contribution < 1.29 is 9.53 Å². The third kappa shape index (κ3) is 4.40. The number of morpholine rings is 1. The Bertz CT molecular complexity index is 698. The predicted molar refractivity (Wildman–Crippen MR) is 98.0 cm³/mol. The first kappa shape index (κ1) is 16.6. The lowest BCUT2D eigenvalue weighted by Gasteiger charge is -2.27. The zero-order valence-corrected chi connectivity index (χ0v) is 14.1. The van der Waals surface area contributed by atoms with Gasteiger partial charge in [0.05, 0.1) is 13.2 Å². The van der Waals surface area contributed by atoms with Gasteiger partial charge in [0, 0.05) is 25.2 Å². The first-order valence-electron chi connectivity index (χ1n) is 8.39. The highest BCUT2D eigenvalue weighted by Crippen LogP contribution is 2.20. The maximum atomic E-state index is 11.4. The molecule has 0 aromatic heterocycles. The molecule has 3 rings (SSSR count). The van der Waals surface area contributed by atoms with Gasteiger partial charge in [-0.2, -0.15) is 0 Å². The van der Waals surface area contributed by atoms with E-state index in [4.69, 9.17) is 4.74 Å². The Kier molecular flexibility index (Phi) is 5.57. The van der Waals surface area contributed by atoms with E-state index in [0.29, 0.717) is 0 Å². The number of benzene rings is 2. The van der Waals surface area contributed by atoms with Crippen LogP contribution in [-0.4, -0.2) is 43.5 Å². The minimum Gasteiger partial charge on any atom is -0.379 e. The van der Waals surface area contributed by atoms with E-state index in [1.54, 1.807) is 6.92 Å². The van der Waals surface area contributed by atoms with Crippen LogP contribution in [0.4, 0.5) is 0 Å². The van der Waals surface area contributed by atoms with Crippen molar-refractivity contribution in [3.05, 3.63) is 71.3 Å². The summed E-state index contributed by atoms with van der Waals surface area (Å²) in [6, 6.07) is 18.3. The summed E-state index contributed by atoms with van der Waals surface area (Å²) in [5, 5.41) is 0. The molecule has 3 nitrogen and oxygen atoms in total. The van der Waals surface area contributed by atoms with Crippen LogP contribution in [0.2, 0.25) is 0 Å². The topological polar surface area (TPSA) is 29.5 Å². The monoisotopic (exact) mass is 321 g/mol. The number of carbonyl (C=O) groups excluding carboxylic acids is 1. The molecule has 2 aromatic rings. The fourth-order valence-corrected chi connectivity index (χ4v) is 2.89. The molecule has 0 atom stereocenters. The second-order valence-electron chi connectivity index (χ2n) is 6.10. The highest BCUT2D eigenvalue weighted by atomic mass is 16.5. The van der Waals surface area contributed by atoms with Crippen LogP contribution in [0.25, 0.3) is 11.6 Å². The van der Waals surface area contributed by atoms with Crippen LogP contribution in [0.5, 0.6) is 0 Å². The Morgan fingerprint density at radius 1 is 1.00 bits per heavy atom. The van der Waals surface area contributed by atoms with E-state index in [1.807, 2.05) is 30.3 Å². The summed E-state index contributed by atoms with van der Waals surface area (Å²) >= 11 is 0. The molecule has 1 fully saturated rings. The third-order valence-corrected chi connectivity index (χ3v) is 4.30. The molecule has 0 amide bonds. The Labute approximate surface area is 143 Å². The Morgan fingerprint density at radius 3 is 2.29 bits per heavy atom. The molecule has 1 heterocycles. The van der Waals surface area contributed by atoms with E-state index in [-0.39, 0.29) is 5.78 Å². The molecular weight excluding hydrogens is 298 g/mol. The van der Waals surface area contributed by atoms with Gasteiger partial charge in [-0.15, -0.1) is 0 Å². The largest absolute Gasteiger partial charge is 0.379 e. The summed E-state index contributed by atoms with van der Waals surface area (Å²) in [4.78, 5) is 13.9. The second-order valence-corrected chi connectivity index (χ2v) is 6.10. The van der Waals surface area contributed by atoms with Crippen molar-refractivity contribution in [3.8, 4) is 0 Å². The van der Waals surface area contributed by atoms with Crippen LogP contribution < -0.4 is 0 Å². The van der Waals surface area contributed by atoms with Gasteiger partial charge in [-0.1, -0.05) is 54.6 Å². The lowest BCUT2D eigenvalue weighted by molar-refractivity contribution is 0.0444. The van der Waals surface area contributed by atoms with Crippen molar-refractivity contribution in [2.75, 3.05) is 32.8 Å². The standard InChI is InChI=1S/C21H23NO2/c1-17(23)19-9-7-18(8-10-19)15-21(20-5-3-2-4-6-20)16-22-11-13-24-14-12-22/h2-10,15H,11-14,16H2,1H3/b21-15+. The molecule has 0 bridgehead atoms. The first-order valence-corrected chi connectivity index (χ1v) is 8.39. The van der Waals surface area contributed by atoms with Gasteiger partial charge in [-0.3, -0.25) is 9.69 Å². The van der Waals surface area contributed by atoms with Crippen LogP contribution in [0, 0.1) is 0 Å². The fourth-order valence-electron chi connectivity index (χ4n) is 2.89. The van der Waals surface area contributed by atoms with Gasteiger partial charge in [0.25, 0.3) is 0 Å². The Balaban J connectivity index is 1.86. The molecule has 0 unspecified atom stereocenters. The number of hydrogen-bond donors (Lipinski definition) is 0. The molecule has 0 aliphatic carbocycles. The van der Waals surface area contributed by atoms with Gasteiger partial charge >= 0.3 is 0 Å². The molecule has 24 heavy (non-hydrogen) atoms. The fraction of sp³-hybridized carbons (Fsp3) is 0.286. The average molecular weight is 321 g/mol. The molecule has 0 saturated carbocycles. The predicted octanol–water partition coefficient (Wildman–Crippen LogP) is 3.76. The molecule has 3 heteroatoms. The second kappa shape index (κ2) is 8.04. The number of rotatable bonds is 5. The number of ether oxygens (including phenoxy) is 1. The third-order valence-electron chi connectivity index (χ3n) is 4.30. The van der Waals surface area contributed by atoms with E-state index < -0.39 is 0 Å². The van der Waals surface area contributed by atoms with Crippen molar-refractivity contribution in [2.24, 2.45) is 0 Å². The van der Waals surface area contributed by atoms with Crippen molar-refractivity contribution in [1.82, 2.24) is 4.90 Å². The summed E-state index contributed by atoms with van der Waals surface area (Å²) in [7, 11) is 0. The zero-order valence-electron chi connectivity index (χ0n) is 14.1. The van der Waals surface area contributed by atoms with Crippen molar-refractivity contribution >= 4 is 17.4 Å². The molecule has 124 valence electrons. The molecule has 0 spiro atoms. The number of Topliss-reactive ketones (excluding diaryl/α,β-unsaturated/α-hetero) is 1.